The van der Waals surface area contributed by atoms with E-state index in [0.29, 0.717) is 12.6 Å². The minimum atomic E-state index is 0.243. The molecule has 2 heterocycles. The molecule has 0 aromatic carbocycles. The monoisotopic (exact) mass is 263 g/mol. The fourth-order valence-electron chi connectivity index (χ4n) is 2.79. The van der Waals surface area contributed by atoms with Crippen molar-refractivity contribution in [2.75, 3.05) is 26.2 Å². The fraction of sp³-hybridized carbons (Fsp3) is 0.667. The topological polar surface area (TPSA) is 37.3 Å². The van der Waals surface area contributed by atoms with Crippen molar-refractivity contribution < 1.29 is 4.79 Å². The van der Waals surface area contributed by atoms with Crippen LogP contribution in [0.5, 0.6) is 0 Å². The molecule has 1 aliphatic heterocycles. The van der Waals surface area contributed by atoms with E-state index in [-0.39, 0.29) is 5.78 Å². The van der Waals surface area contributed by atoms with Gasteiger partial charge >= 0.3 is 0 Å². The van der Waals surface area contributed by atoms with Crippen molar-refractivity contribution in [1.82, 2.24) is 14.8 Å². The van der Waals surface area contributed by atoms with Crippen LogP contribution in [0.1, 0.15) is 36.5 Å². The zero-order chi connectivity index (χ0) is 13.7. The number of aryl methyl sites for hydroxylation is 1. The lowest BCUT2D eigenvalue weighted by Gasteiger charge is -2.33. The largest absolute Gasteiger partial charge is 0.357 e. The Balaban J connectivity index is 1.97. The molecule has 1 aromatic heterocycles. The van der Waals surface area contributed by atoms with Gasteiger partial charge in [0, 0.05) is 31.0 Å². The molecule has 0 radical (unpaired) electrons. The molecule has 1 saturated heterocycles. The van der Waals surface area contributed by atoms with Gasteiger partial charge in [-0.1, -0.05) is 6.92 Å². The number of hydrogen-bond acceptors (Lipinski definition) is 3. The Labute approximate surface area is 115 Å². The molecule has 0 amide bonds. The van der Waals surface area contributed by atoms with Gasteiger partial charge in [0.05, 0.1) is 6.54 Å². The Kier molecular flexibility index (Phi) is 5.16. The summed E-state index contributed by atoms with van der Waals surface area (Å²) in [4.78, 5) is 14.7. The quantitative estimate of drug-likeness (QED) is 0.793. The van der Waals surface area contributed by atoms with Gasteiger partial charge in [0.25, 0.3) is 0 Å². The molecule has 0 atom stereocenters. The summed E-state index contributed by atoms with van der Waals surface area (Å²) in [6, 6.07) is 2.48. The summed E-state index contributed by atoms with van der Waals surface area (Å²) in [6.45, 7) is 5.90. The van der Waals surface area contributed by atoms with E-state index in [4.69, 9.17) is 0 Å². The lowest BCUT2D eigenvalue weighted by Crippen LogP contribution is -2.45. The Bertz CT molecular complexity index is 407. The van der Waals surface area contributed by atoms with Crippen molar-refractivity contribution in [1.29, 1.82) is 0 Å². The second-order valence-electron chi connectivity index (χ2n) is 5.44. The first-order valence-corrected chi connectivity index (χ1v) is 7.30. The molecule has 1 fully saturated rings. The van der Waals surface area contributed by atoms with E-state index >= 15 is 0 Å². The maximum atomic E-state index is 12.3. The summed E-state index contributed by atoms with van der Waals surface area (Å²) in [5, 5.41) is 3.39. The molecule has 2 rings (SSSR count). The second-order valence-corrected chi connectivity index (χ2v) is 5.44. The van der Waals surface area contributed by atoms with Gasteiger partial charge in [-0.2, -0.15) is 0 Å². The number of carbonyl (C=O) groups excluding carboxylic acids is 1. The summed E-state index contributed by atoms with van der Waals surface area (Å²) in [5.41, 5.74) is 0.831. The van der Waals surface area contributed by atoms with Crippen molar-refractivity contribution in [2.24, 2.45) is 7.05 Å². The number of aromatic nitrogens is 1. The van der Waals surface area contributed by atoms with E-state index in [9.17, 15) is 4.79 Å². The van der Waals surface area contributed by atoms with Gasteiger partial charge in [0.1, 0.15) is 0 Å². The van der Waals surface area contributed by atoms with Crippen LogP contribution in [0.25, 0.3) is 0 Å². The zero-order valence-electron chi connectivity index (χ0n) is 12.1. The van der Waals surface area contributed by atoms with Gasteiger partial charge in [0.15, 0.2) is 5.78 Å². The molecule has 4 nitrogen and oxygen atoms in total. The number of Topliss-reactive ketones (excluding diaryl/α,β-unsaturated/α-hetero) is 1. The third-order valence-electron chi connectivity index (χ3n) is 3.84. The molecular formula is C15H25N3O. The average Bonchev–Trinajstić information content (AvgIpc) is 2.86. The molecule has 106 valence electrons. The highest BCUT2D eigenvalue weighted by molar-refractivity contribution is 5.97. The zero-order valence-corrected chi connectivity index (χ0v) is 12.1. The number of rotatable bonds is 6. The Hall–Kier alpha value is -1.13. The maximum absolute atomic E-state index is 12.3. The van der Waals surface area contributed by atoms with Crippen LogP contribution >= 0.6 is 0 Å². The molecule has 4 heteroatoms. The van der Waals surface area contributed by atoms with Crippen molar-refractivity contribution in [2.45, 2.75) is 32.2 Å². The Morgan fingerprint density at radius 1 is 1.47 bits per heavy atom. The first-order valence-electron chi connectivity index (χ1n) is 7.30. The van der Waals surface area contributed by atoms with E-state index in [2.05, 4.69) is 17.1 Å². The van der Waals surface area contributed by atoms with Gasteiger partial charge in [0.2, 0.25) is 0 Å². The smallest absolute Gasteiger partial charge is 0.178 e. The summed E-state index contributed by atoms with van der Waals surface area (Å²) >= 11 is 0. The van der Waals surface area contributed by atoms with E-state index in [1.165, 1.54) is 0 Å². The highest BCUT2D eigenvalue weighted by Gasteiger charge is 2.22. The Morgan fingerprint density at radius 3 is 2.79 bits per heavy atom. The molecule has 0 saturated carbocycles. The van der Waals surface area contributed by atoms with Crippen molar-refractivity contribution in [3.63, 3.8) is 0 Å². The minimum Gasteiger partial charge on any atom is -0.357 e. The average molecular weight is 263 g/mol. The van der Waals surface area contributed by atoms with Crippen LogP contribution in [0.4, 0.5) is 0 Å². The van der Waals surface area contributed by atoms with Gasteiger partial charge in [-0.3, -0.25) is 9.69 Å². The molecule has 0 spiro atoms. The number of piperidine rings is 1. The van der Waals surface area contributed by atoms with Crippen molar-refractivity contribution in [3.05, 3.63) is 24.0 Å². The molecule has 19 heavy (non-hydrogen) atoms. The summed E-state index contributed by atoms with van der Waals surface area (Å²) in [6.07, 6.45) is 7.26. The van der Waals surface area contributed by atoms with Crippen molar-refractivity contribution >= 4 is 5.78 Å². The Morgan fingerprint density at radius 2 is 2.21 bits per heavy atom. The van der Waals surface area contributed by atoms with Gasteiger partial charge < -0.3 is 9.88 Å². The van der Waals surface area contributed by atoms with Crippen LogP contribution in [0.3, 0.4) is 0 Å². The van der Waals surface area contributed by atoms with Gasteiger partial charge in [-0.15, -0.1) is 0 Å². The van der Waals surface area contributed by atoms with Crippen LogP contribution < -0.4 is 5.32 Å². The third kappa shape index (κ3) is 3.91. The molecule has 1 aromatic rings. The standard InChI is InChI=1S/C15H25N3O/c1-3-9-18(14-4-7-16-8-5-14)12-15(19)13-6-10-17(2)11-13/h6,10-11,14,16H,3-5,7-9,12H2,1-2H3. The maximum Gasteiger partial charge on any atom is 0.178 e. The predicted octanol–water partition coefficient (Wildman–Crippen LogP) is 1.67. The molecule has 1 N–H and O–H groups in total. The molecule has 1 aliphatic rings. The first kappa shape index (κ1) is 14.3. The van der Waals surface area contributed by atoms with Crippen LogP contribution in [0.15, 0.2) is 18.5 Å². The normalized spacial score (nSPS) is 17.0. The highest BCUT2D eigenvalue weighted by Crippen LogP contribution is 2.13. The van der Waals surface area contributed by atoms with E-state index < -0.39 is 0 Å². The number of hydrogen-bond donors (Lipinski definition) is 1. The summed E-state index contributed by atoms with van der Waals surface area (Å²) in [7, 11) is 1.95. The van der Waals surface area contributed by atoms with E-state index in [1.807, 2.05) is 30.1 Å². The number of carbonyl (C=O) groups is 1. The van der Waals surface area contributed by atoms with Crippen LogP contribution in [-0.2, 0) is 7.05 Å². The number of ketones is 1. The van der Waals surface area contributed by atoms with Crippen molar-refractivity contribution in [3.8, 4) is 0 Å². The number of nitrogens with zero attached hydrogens (tertiary/aromatic N) is 2. The SMILES string of the molecule is CCCN(CC(=O)c1ccn(C)c1)C1CCNCC1. The molecule has 0 aliphatic carbocycles. The lowest BCUT2D eigenvalue weighted by atomic mass is 10.0. The first-order chi connectivity index (χ1) is 9.20. The highest BCUT2D eigenvalue weighted by atomic mass is 16.1. The molecule has 0 unspecified atom stereocenters. The van der Waals surface area contributed by atoms with E-state index in [1.54, 1.807) is 0 Å². The molecular weight excluding hydrogens is 238 g/mol. The predicted molar refractivity (Wildman–Crippen MR) is 77.5 cm³/mol. The van der Waals surface area contributed by atoms with Gasteiger partial charge in [-0.25, -0.2) is 0 Å². The summed E-state index contributed by atoms with van der Waals surface area (Å²) in [5.74, 6) is 0.243. The number of nitrogens with one attached hydrogen (secondary N) is 1. The fourth-order valence-corrected chi connectivity index (χ4v) is 2.79. The molecule has 0 bridgehead atoms. The summed E-state index contributed by atoms with van der Waals surface area (Å²) < 4.78 is 1.93. The minimum absolute atomic E-state index is 0.243. The second kappa shape index (κ2) is 6.87. The van der Waals surface area contributed by atoms with Crippen LogP contribution in [0, 0.1) is 0 Å². The van der Waals surface area contributed by atoms with Crippen LogP contribution in [0.2, 0.25) is 0 Å². The lowest BCUT2D eigenvalue weighted by molar-refractivity contribution is 0.0865. The van der Waals surface area contributed by atoms with Crippen LogP contribution in [-0.4, -0.2) is 47.5 Å². The third-order valence-corrected chi connectivity index (χ3v) is 3.84. The van der Waals surface area contributed by atoms with E-state index in [0.717, 1.165) is 44.5 Å². The van der Waals surface area contributed by atoms with Gasteiger partial charge in [-0.05, 0) is 45.0 Å².